The van der Waals surface area contributed by atoms with Crippen LogP contribution in [-0.4, -0.2) is 38.3 Å². The first-order valence-corrected chi connectivity index (χ1v) is 7.91. The molecule has 0 heterocycles. The van der Waals surface area contributed by atoms with Crippen molar-refractivity contribution < 1.29 is 13.2 Å². The van der Waals surface area contributed by atoms with Gasteiger partial charge >= 0.3 is 0 Å². The van der Waals surface area contributed by atoms with Crippen LogP contribution in [0.15, 0.2) is 23.1 Å². The number of rotatable bonds is 5. The Hall–Kier alpha value is -1.59. The second-order valence-electron chi connectivity index (χ2n) is 4.05. The van der Waals surface area contributed by atoms with Gasteiger partial charge in [0.1, 0.15) is 4.90 Å². The van der Waals surface area contributed by atoms with Gasteiger partial charge in [0, 0.05) is 12.1 Å². The third-order valence-electron chi connectivity index (χ3n) is 2.57. The van der Waals surface area contributed by atoms with Crippen LogP contribution in [0, 0.1) is 11.8 Å². The van der Waals surface area contributed by atoms with Gasteiger partial charge in [-0.2, -0.15) is 4.31 Å². The first kappa shape index (κ1) is 17.5. The Morgan fingerprint density at radius 3 is 2.57 bits per heavy atom. The van der Waals surface area contributed by atoms with Crippen molar-refractivity contribution in [2.24, 2.45) is 11.5 Å². The molecule has 0 aromatic heterocycles. The smallest absolute Gasteiger partial charge is 0.245 e. The van der Waals surface area contributed by atoms with Crippen LogP contribution in [0.4, 0.5) is 0 Å². The first-order chi connectivity index (χ1) is 9.82. The Bertz CT molecular complexity index is 692. The predicted octanol–water partition coefficient (Wildman–Crippen LogP) is 0.146. The van der Waals surface area contributed by atoms with Crippen LogP contribution < -0.4 is 11.5 Å². The number of nitrogens with two attached hydrogens (primary N) is 2. The lowest BCUT2D eigenvalue weighted by Gasteiger charge is -2.19. The number of nitrogens with zero attached hydrogens (tertiary/aromatic N) is 1. The molecule has 1 aromatic carbocycles. The van der Waals surface area contributed by atoms with Gasteiger partial charge in [-0.3, -0.25) is 4.79 Å². The number of carbonyl (C=O) groups excluding carboxylic acids is 1. The summed E-state index contributed by atoms with van der Waals surface area (Å²) in [5, 5.41) is 0.0294. The topological polar surface area (TPSA) is 106 Å². The summed E-state index contributed by atoms with van der Waals surface area (Å²) in [6.07, 6.45) is 0. The van der Waals surface area contributed by atoms with E-state index >= 15 is 0 Å². The Kier molecular flexibility index (Phi) is 6.18. The van der Waals surface area contributed by atoms with Gasteiger partial charge in [0.15, 0.2) is 0 Å². The second kappa shape index (κ2) is 7.43. The summed E-state index contributed by atoms with van der Waals surface area (Å²) in [4.78, 5) is 10.9. The number of hydrogen-bond donors (Lipinski definition) is 2. The SMILES string of the molecule is CCN(CC(N)=O)S(=O)(=O)c1ccc(C#CCN)cc1Cl. The zero-order valence-electron chi connectivity index (χ0n) is 11.5. The van der Waals surface area contributed by atoms with E-state index < -0.39 is 22.5 Å². The molecule has 1 aromatic rings. The predicted molar refractivity (Wildman–Crippen MR) is 81.0 cm³/mol. The summed E-state index contributed by atoms with van der Waals surface area (Å²) in [6, 6.07) is 4.32. The summed E-state index contributed by atoms with van der Waals surface area (Å²) >= 11 is 6.01. The molecule has 0 saturated carbocycles. The lowest BCUT2D eigenvalue weighted by atomic mass is 10.2. The highest BCUT2D eigenvalue weighted by Gasteiger charge is 2.26. The van der Waals surface area contributed by atoms with E-state index in [-0.39, 0.29) is 23.0 Å². The maximum absolute atomic E-state index is 12.4. The fourth-order valence-corrected chi connectivity index (χ4v) is 3.55. The third-order valence-corrected chi connectivity index (χ3v) is 4.97. The van der Waals surface area contributed by atoms with Gasteiger partial charge in [0.05, 0.1) is 18.1 Å². The molecule has 0 unspecified atom stereocenters. The van der Waals surface area contributed by atoms with Crippen LogP contribution in [-0.2, 0) is 14.8 Å². The summed E-state index contributed by atoms with van der Waals surface area (Å²) in [5.74, 6) is 4.67. The molecule has 0 fully saturated rings. The van der Waals surface area contributed by atoms with E-state index in [1.54, 1.807) is 6.92 Å². The van der Waals surface area contributed by atoms with Crippen molar-refractivity contribution in [1.82, 2.24) is 4.31 Å². The lowest BCUT2D eigenvalue weighted by Crippen LogP contribution is -2.38. The van der Waals surface area contributed by atoms with Crippen LogP contribution in [0.5, 0.6) is 0 Å². The van der Waals surface area contributed by atoms with Crippen molar-refractivity contribution in [1.29, 1.82) is 0 Å². The molecule has 4 N–H and O–H groups in total. The fraction of sp³-hybridized carbons (Fsp3) is 0.308. The van der Waals surface area contributed by atoms with Crippen molar-refractivity contribution in [3.8, 4) is 11.8 Å². The Labute approximate surface area is 129 Å². The molecule has 0 radical (unpaired) electrons. The van der Waals surface area contributed by atoms with Crippen LogP contribution in [0.25, 0.3) is 0 Å². The first-order valence-electron chi connectivity index (χ1n) is 6.09. The van der Waals surface area contributed by atoms with Crippen molar-refractivity contribution >= 4 is 27.5 Å². The van der Waals surface area contributed by atoms with E-state index in [9.17, 15) is 13.2 Å². The monoisotopic (exact) mass is 329 g/mol. The number of likely N-dealkylation sites (N-methyl/N-ethyl adjacent to an activating group) is 1. The molecule has 21 heavy (non-hydrogen) atoms. The van der Waals surface area contributed by atoms with Gasteiger partial charge < -0.3 is 11.5 Å². The van der Waals surface area contributed by atoms with Crippen LogP contribution in [0.2, 0.25) is 5.02 Å². The molecule has 0 atom stereocenters. The summed E-state index contributed by atoms with van der Waals surface area (Å²) in [7, 11) is -3.89. The minimum Gasteiger partial charge on any atom is -0.369 e. The number of amides is 1. The van der Waals surface area contributed by atoms with Crippen LogP contribution in [0.3, 0.4) is 0 Å². The lowest BCUT2D eigenvalue weighted by molar-refractivity contribution is -0.118. The molecular formula is C13H16ClN3O3S. The number of sulfonamides is 1. The third kappa shape index (κ3) is 4.44. The number of carbonyl (C=O) groups is 1. The van der Waals surface area contributed by atoms with Crippen molar-refractivity contribution in [3.63, 3.8) is 0 Å². The van der Waals surface area contributed by atoms with Gasteiger partial charge in [-0.25, -0.2) is 8.42 Å². The molecule has 1 rings (SSSR count). The molecule has 0 aliphatic carbocycles. The van der Waals surface area contributed by atoms with Gasteiger partial charge in [-0.05, 0) is 18.2 Å². The van der Waals surface area contributed by atoms with E-state index in [4.69, 9.17) is 23.1 Å². The minimum atomic E-state index is -3.89. The summed E-state index contributed by atoms with van der Waals surface area (Å²) in [6.45, 7) is 1.51. The molecule has 0 bridgehead atoms. The average Bonchev–Trinajstić information content (AvgIpc) is 2.41. The van der Waals surface area contributed by atoms with Crippen LogP contribution >= 0.6 is 11.6 Å². The van der Waals surface area contributed by atoms with Crippen molar-refractivity contribution in [2.45, 2.75) is 11.8 Å². The molecule has 6 nitrogen and oxygen atoms in total. The second-order valence-corrected chi connectivity index (χ2v) is 6.36. The van der Waals surface area contributed by atoms with Gasteiger partial charge in [0.25, 0.3) is 0 Å². The average molecular weight is 330 g/mol. The zero-order valence-corrected chi connectivity index (χ0v) is 13.0. The van der Waals surface area contributed by atoms with Gasteiger partial charge in [-0.15, -0.1) is 0 Å². The molecule has 114 valence electrons. The maximum atomic E-state index is 12.4. The molecular weight excluding hydrogens is 314 g/mol. The maximum Gasteiger partial charge on any atom is 0.245 e. The van der Waals surface area contributed by atoms with Crippen molar-refractivity contribution in [2.75, 3.05) is 19.6 Å². The number of hydrogen-bond acceptors (Lipinski definition) is 4. The van der Waals surface area contributed by atoms with E-state index in [0.717, 1.165) is 4.31 Å². The van der Waals surface area contributed by atoms with E-state index in [1.165, 1.54) is 18.2 Å². The molecule has 1 amide bonds. The summed E-state index contributed by atoms with van der Waals surface area (Å²) < 4.78 is 25.8. The van der Waals surface area contributed by atoms with E-state index in [1.807, 2.05) is 0 Å². The molecule has 0 aliphatic rings. The molecule has 0 aliphatic heterocycles. The Morgan fingerprint density at radius 1 is 1.43 bits per heavy atom. The standard InChI is InChI=1S/C13H16ClN3O3S/c1-2-17(9-13(16)18)21(19,20)12-6-5-10(4-3-7-15)8-11(12)14/h5-6,8H,2,7,9,15H2,1H3,(H2,16,18). The number of halogens is 1. The molecule has 8 heteroatoms. The highest BCUT2D eigenvalue weighted by molar-refractivity contribution is 7.89. The molecule has 0 saturated heterocycles. The quantitative estimate of drug-likeness (QED) is 0.749. The summed E-state index contributed by atoms with van der Waals surface area (Å²) in [5.41, 5.74) is 10.9. The van der Waals surface area contributed by atoms with Crippen molar-refractivity contribution in [3.05, 3.63) is 28.8 Å². The number of benzene rings is 1. The highest BCUT2D eigenvalue weighted by atomic mass is 35.5. The normalized spacial score (nSPS) is 11.0. The fourth-order valence-electron chi connectivity index (χ4n) is 1.62. The highest BCUT2D eigenvalue weighted by Crippen LogP contribution is 2.25. The van der Waals surface area contributed by atoms with E-state index in [0.29, 0.717) is 5.56 Å². The Morgan fingerprint density at radius 2 is 2.10 bits per heavy atom. The zero-order chi connectivity index (χ0) is 16.0. The number of primary amides is 1. The largest absolute Gasteiger partial charge is 0.369 e. The minimum absolute atomic E-state index is 0.0294. The van der Waals surface area contributed by atoms with E-state index in [2.05, 4.69) is 11.8 Å². The van der Waals surface area contributed by atoms with Crippen LogP contribution in [0.1, 0.15) is 12.5 Å². The van der Waals surface area contributed by atoms with Gasteiger partial charge in [0.2, 0.25) is 15.9 Å². The molecule has 0 spiro atoms. The Balaban J connectivity index is 3.22. The van der Waals surface area contributed by atoms with Gasteiger partial charge in [-0.1, -0.05) is 30.4 Å².